The van der Waals surface area contributed by atoms with Crippen molar-refractivity contribution in [3.63, 3.8) is 0 Å². The zero-order chi connectivity index (χ0) is 44.1. The summed E-state index contributed by atoms with van der Waals surface area (Å²) in [5.41, 5.74) is -28.5. The molecule has 312 valence electrons. The smallest absolute Gasteiger partial charge is 0.248 e. The van der Waals surface area contributed by atoms with Gasteiger partial charge in [-0.3, -0.25) is 0 Å². The SMILES string of the molecule is FC(F)(F)C1=C2C=CC(=N2)C(C(F)(F)F)=C2C=CC(=N2)C(C(F)(F)F)=C2C=CC(=N2)C(C(F)(F)F)=C2C=CC(=N2)C(C(F)(F)F)=C2C=CC(=N2)C(C(F)(F)F)=C2C=CC1=N2. The van der Waals surface area contributed by atoms with Gasteiger partial charge in [0, 0.05) is 0 Å². The van der Waals surface area contributed by atoms with Crippen LogP contribution in [0.1, 0.15) is 0 Å². The molecule has 0 N–H and O–H groups in total. The lowest BCUT2D eigenvalue weighted by Gasteiger charge is -2.15. The van der Waals surface area contributed by atoms with Gasteiger partial charge >= 0.3 is 37.1 Å². The van der Waals surface area contributed by atoms with E-state index < -0.39 is 139 Å². The van der Waals surface area contributed by atoms with Crippen LogP contribution in [0.15, 0.2) is 170 Å². The van der Waals surface area contributed by atoms with Gasteiger partial charge in [0.05, 0.1) is 68.5 Å². The molecule has 12 bridgehead atoms. The van der Waals surface area contributed by atoms with Crippen molar-refractivity contribution in [2.45, 2.75) is 37.1 Å². The van der Waals surface area contributed by atoms with E-state index >= 15 is 0 Å². The third kappa shape index (κ3) is 7.64. The highest BCUT2D eigenvalue weighted by Crippen LogP contribution is 2.44. The van der Waals surface area contributed by atoms with Crippen LogP contribution in [0.25, 0.3) is 0 Å². The Hall–Kier alpha value is -6.36. The highest BCUT2D eigenvalue weighted by atomic mass is 19.4. The van der Waals surface area contributed by atoms with Crippen molar-refractivity contribution in [1.29, 1.82) is 0 Å². The van der Waals surface area contributed by atoms with Gasteiger partial charge < -0.3 is 0 Å². The van der Waals surface area contributed by atoms with E-state index in [9.17, 15) is 79.0 Å². The van der Waals surface area contributed by atoms with E-state index in [0.717, 1.165) is 0 Å². The first kappa shape index (κ1) is 41.8. The molecule has 0 aromatic carbocycles. The fourth-order valence-corrected chi connectivity index (χ4v) is 6.37. The molecule has 0 unspecified atom stereocenters. The number of fused-ring (bicyclic) bond motifs is 6. The molecule has 60 heavy (non-hydrogen) atoms. The Labute approximate surface area is 321 Å². The van der Waals surface area contributed by atoms with E-state index in [1.165, 1.54) is 0 Å². The third-order valence-electron chi connectivity index (χ3n) is 8.61. The monoisotopic (exact) mass is 870 g/mol. The van der Waals surface area contributed by atoms with Crippen LogP contribution < -0.4 is 0 Å². The Bertz CT molecular complexity index is 2140. The molecule has 0 fully saturated rings. The highest BCUT2D eigenvalue weighted by Gasteiger charge is 2.48. The largest absolute Gasteiger partial charge is 0.420 e. The number of rotatable bonds is 0. The molecule has 0 amide bonds. The van der Waals surface area contributed by atoms with Gasteiger partial charge in [-0.15, -0.1) is 0 Å². The molecule has 0 spiro atoms. The fourth-order valence-electron chi connectivity index (χ4n) is 6.37. The van der Waals surface area contributed by atoms with Gasteiger partial charge in [0.25, 0.3) is 0 Å². The molecule has 0 radical (unpaired) electrons. The number of alkyl halides is 18. The first-order valence-corrected chi connectivity index (χ1v) is 16.0. The normalized spacial score (nSPS) is 21.3. The molecule has 0 saturated carbocycles. The molecule has 0 atom stereocenters. The van der Waals surface area contributed by atoms with Crippen molar-refractivity contribution >= 4 is 34.3 Å². The molecule has 24 heteroatoms. The zero-order valence-electron chi connectivity index (χ0n) is 28.4. The molecule has 7 heterocycles. The Morgan fingerprint density at radius 2 is 0.317 bits per heavy atom. The standard InChI is InChI=1S/C36H12F18N6/c37-31(38,39)25-13-1-2-14(55-13)26(32(40,41)42)16-5-6-18(57-16)28(34(46,47)48)20-9-10-22(59-20)30(36(52,53)54)24-12-11-23(60-24)29(35(49,50)51)21-8-7-19(58-21)27(33(43,44)45)17-4-3-15(25)56-17/h1-12H. The van der Waals surface area contributed by atoms with Crippen LogP contribution in [0.4, 0.5) is 79.0 Å². The first-order chi connectivity index (χ1) is 27.5. The molecule has 0 aromatic heterocycles. The molecule has 0 aromatic rings. The van der Waals surface area contributed by atoms with Gasteiger partial charge in [-0.25, -0.2) is 30.0 Å². The van der Waals surface area contributed by atoms with Crippen molar-refractivity contribution in [3.8, 4) is 0 Å². The molecular formula is C36H12F18N6. The number of halogens is 18. The third-order valence-corrected chi connectivity index (χ3v) is 8.61. The summed E-state index contributed by atoms with van der Waals surface area (Å²) in [7, 11) is 0. The summed E-state index contributed by atoms with van der Waals surface area (Å²) in [5.74, 6) is 0. The molecule has 0 saturated heterocycles. The van der Waals surface area contributed by atoms with E-state index in [4.69, 9.17) is 0 Å². The van der Waals surface area contributed by atoms with Crippen molar-refractivity contribution in [2.75, 3.05) is 0 Å². The summed E-state index contributed by atoms with van der Waals surface area (Å²) in [6.45, 7) is 0. The summed E-state index contributed by atoms with van der Waals surface area (Å²) in [6.07, 6.45) is -29.6. The van der Waals surface area contributed by atoms with Gasteiger partial charge in [0.15, 0.2) is 0 Å². The van der Waals surface area contributed by atoms with Crippen LogP contribution >= 0.6 is 0 Å². The van der Waals surface area contributed by atoms with Crippen LogP contribution in [0.3, 0.4) is 0 Å². The van der Waals surface area contributed by atoms with E-state index in [-0.39, 0.29) is 0 Å². The average Bonchev–Trinajstić information content (AvgIpc) is 3.90. The van der Waals surface area contributed by atoms with Crippen LogP contribution in [-0.4, -0.2) is 71.3 Å². The average molecular weight is 870 g/mol. The van der Waals surface area contributed by atoms with Gasteiger partial charge in [-0.05, 0) is 72.9 Å². The quantitative estimate of drug-likeness (QED) is 0.218. The lowest BCUT2D eigenvalue weighted by molar-refractivity contribution is -0.0878. The second-order valence-electron chi connectivity index (χ2n) is 12.5. The lowest BCUT2D eigenvalue weighted by Crippen LogP contribution is -2.22. The zero-order valence-corrected chi connectivity index (χ0v) is 28.4. The van der Waals surface area contributed by atoms with Crippen LogP contribution in [-0.2, 0) is 0 Å². The molecule has 7 rings (SSSR count). The van der Waals surface area contributed by atoms with E-state index in [2.05, 4.69) is 30.0 Å². The predicted molar refractivity (Wildman–Crippen MR) is 178 cm³/mol. The van der Waals surface area contributed by atoms with E-state index in [1.54, 1.807) is 0 Å². The predicted octanol–water partition coefficient (Wildman–Crippen LogP) is 11.0. The van der Waals surface area contributed by atoms with Gasteiger partial charge in [-0.1, -0.05) is 0 Å². The minimum Gasteiger partial charge on any atom is -0.248 e. The maximum atomic E-state index is 14.5. The second-order valence-corrected chi connectivity index (χ2v) is 12.5. The summed E-state index contributed by atoms with van der Waals surface area (Å²) in [5, 5.41) is 0. The number of aliphatic imine (C=N–C) groups is 6. The maximum Gasteiger partial charge on any atom is 0.420 e. The minimum absolute atomic E-state index is 0.345. The van der Waals surface area contributed by atoms with Gasteiger partial charge in [0.2, 0.25) is 0 Å². The van der Waals surface area contributed by atoms with Crippen LogP contribution in [0.5, 0.6) is 0 Å². The summed E-state index contributed by atoms with van der Waals surface area (Å²) < 4.78 is 262. The van der Waals surface area contributed by atoms with Crippen LogP contribution in [0.2, 0.25) is 0 Å². The number of nitrogens with zero attached hydrogens (tertiary/aromatic N) is 6. The molecule has 7 aliphatic rings. The number of allylic oxidation sites excluding steroid dienone is 18. The second kappa shape index (κ2) is 13.6. The molecular weight excluding hydrogens is 858 g/mol. The van der Waals surface area contributed by atoms with Crippen molar-refractivity contribution in [2.24, 2.45) is 30.0 Å². The maximum absolute atomic E-state index is 14.5. The van der Waals surface area contributed by atoms with E-state index in [1.807, 2.05) is 0 Å². The van der Waals surface area contributed by atoms with Crippen molar-refractivity contribution < 1.29 is 79.0 Å². The summed E-state index contributed by atoms with van der Waals surface area (Å²) in [6, 6.07) is 0. The molecule has 0 aliphatic carbocycles. The van der Waals surface area contributed by atoms with Crippen LogP contribution in [0, 0.1) is 0 Å². The molecule has 6 nitrogen and oxygen atoms in total. The Kier molecular flexibility index (Phi) is 9.46. The lowest BCUT2D eigenvalue weighted by atomic mass is 10.1. The Morgan fingerprint density at radius 3 is 0.417 bits per heavy atom. The van der Waals surface area contributed by atoms with Gasteiger partial charge in [0.1, 0.15) is 33.4 Å². The first-order valence-electron chi connectivity index (χ1n) is 16.0. The summed E-state index contributed by atoms with van der Waals surface area (Å²) in [4.78, 5) is 20.0. The summed E-state index contributed by atoms with van der Waals surface area (Å²) >= 11 is 0. The topological polar surface area (TPSA) is 74.2 Å². The number of hydrogen-bond donors (Lipinski definition) is 0. The fraction of sp³-hybridized carbons (Fsp3) is 0.167. The van der Waals surface area contributed by atoms with Crippen molar-refractivity contribution in [1.82, 2.24) is 0 Å². The van der Waals surface area contributed by atoms with Crippen molar-refractivity contribution in [3.05, 3.63) is 141 Å². The Balaban J connectivity index is 1.58. The van der Waals surface area contributed by atoms with E-state index in [0.29, 0.717) is 72.9 Å². The molecule has 7 aliphatic heterocycles. The number of hydrogen-bond acceptors (Lipinski definition) is 6. The minimum atomic E-state index is -5.62. The Morgan fingerprint density at radius 1 is 0.200 bits per heavy atom. The van der Waals surface area contributed by atoms with Gasteiger partial charge in [-0.2, -0.15) is 79.0 Å². The highest BCUT2D eigenvalue weighted by molar-refractivity contribution is 6.21.